The molecule has 2 heterocycles. The second-order valence-electron chi connectivity index (χ2n) is 5.95. The van der Waals surface area contributed by atoms with Crippen LogP contribution in [0, 0.1) is 18.6 Å². The van der Waals surface area contributed by atoms with Crippen LogP contribution in [0.25, 0.3) is 22.2 Å². The third-order valence-electron chi connectivity index (χ3n) is 3.96. The molecule has 0 N–H and O–H groups in total. The van der Waals surface area contributed by atoms with Gasteiger partial charge in [0.2, 0.25) is 5.91 Å². The number of amides is 1. The zero-order chi connectivity index (χ0) is 17.4. The number of pyridine rings is 1. The van der Waals surface area contributed by atoms with Gasteiger partial charge in [0, 0.05) is 32.1 Å². The van der Waals surface area contributed by atoms with Crippen LogP contribution in [0.5, 0.6) is 0 Å². The topological polar surface area (TPSA) is 38.1 Å². The maximum Gasteiger partial charge on any atom is 0.241 e. The average molecular weight is 329 g/mol. The molecule has 0 aliphatic rings. The first-order valence-electron chi connectivity index (χ1n) is 7.48. The lowest BCUT2D eigenvalue weighted by Crippen LogP contribution is -2.25. The second kappa shape index (κ2) is 6.03. The minimum absolute atomic E-state index is 0.0369. The molecule has 4 nitrogen and oxygen atoms in total. The first-order chi connectivity index (χ1) is 11.4. The predicted molar refractivity (Wildman–Crippen MR) is 88.5 cm³/mol. The highest BCUT2D eigenvalue weighted by atomic mass is 19.2. The normalized spacial score (nSPS) is 11.0. The molecule has 0 spiro atoms. The number of halogens is 2. The zero-order valence-corrected chi connectivity index (χ0v) is 13.7. The summed E-state index contributed by atoms with van der Waals surface area (Å²) in [4.78, 5) is 17.9. The van der Waals surface area contributed by atoms with E-state index in [-0.39, 0.29) is 12.5 Å². The van der Waals surface area contributed by atoms with Gasteiger partial charge in [-0.05, 0) is 36.2 Å². The minimum Gasteiger partial charge on any atom is -0.347 e. The van der Waals surface area contributed by atoms with Gasteiger partial charge in [-0.3, -0.25) is 9.78 Å². The number of hydrogen-bond acceptors (Lipinski definition) is 2. The van der Waals surface area contributed by atoms with Gasteiger partial charge in [0.05, 0.1) is 11.0 Å². The first-order valence-corrected chi connectivity index (χ1v) is 7.48. The van der Waals surface area contributed by atoms with Gasteiger partial charge in [0.15, 0.2) is 11.6 Å². The Bertz CT molecular complexity index is 931. The smallest absolute Gasteiger partial charge is 0.241 e. The second-order valence-corrected chi connectivity index (χ2v) is 5.95. The van der Waals surface area contributed by atoms with Crippen LogP contribution in [-0.2, 0) is 11.3 Å². The fraction of sp³-hybridized carbons (Fsp3) is 0.222. The molecule has 0 aliphatic carbocycles. The Morgan fingerprint density at radius 1 is 1.17 bits per heavy atom. The molecule has 0 saturated heterocycles. The summed E-state index contributed by atoms with van der Waals surface area (Å²) in [5.74, 6) is -1.82. The highest BCUT2D eigenvalue weighted by molar-refractivity contribution is 5.86. The van der Waals surface area contributed by atoms with Crippen molar-refractivity contribution in [2.75, 3.05) is 14.1 Å². The summed E-state index contributed by atoms with van der Waals surface area (Å²) < 4.78 is 28.4. The molecular weight excluding hydrogens is 312 g/mol. The van der Waals surface area contributed by atoms with Gasteiger partial charge in [-0.15, -0.1) is 0 Å². The Hall–Kier alpha value is -2.76. The number of rotatable bonds is 3. The van der Waals surface area contributed by atoms with Crippen molar-refractivity contribution in [3.63, 3.8) is 0 Å². The average Bonchev–Trinajstić information content (AvgIpc) is 2.85. The fourth-order valence-electron chi connectivity index (χ4n) is 2.59. The third kappa shape index (κ3) is 2.87. The van der Waals surface area contributed by atoms with Crippen molar-refractivity contribution in [2.24, 2.45) is 0 Å². The van der Waals surface area contributed by atoms with Crippen LogP contribution in [0.1, 0.15) is 5.56 Å². The number of carbonyl (C=O) groups is 1. The first kappa shape index (κ1) is 16.1. The van der Waals surface area contributed by atoms with E-state index in [0.29, 0.717) is 11.1 Å². The van der Waals surface area contributed by atoms with Gasteiger partial charge < -0.3 is 9.47 Å². The van der Waals surface area contributed by atoms with Crippen LogP contribution >= 0.6 is 0 Å². The Morgan fingerprint density at radius 3 is 2.58 bits per heavy atom. The SMILES string of the molecule is Cc1cn(CC(=O)N(C)C)c2cc(-c3ccc(F)c(F)c3)cnc12. The number of aryl methyl sites for hydroxylation is 1. The highest BCUT2D eigenvalue weighted by Crippen LogP contribution is 2.26. The highest BCUT2D eigenvalue weighted by Gasteiger charge is 2.13. The molecule has 24 heavy (non-hydrogen) atoms. The molecule has 1 amide bonds. The largest absolute Gasteiger partial charge is 0.347 e. The van der Waals surface area contributed by atoms with E-state index in [1.165, 1.54) is 11.0 Å². The van der Waals surface area contributed by atoms with Crippen molar-refractivity contribution in [3.8, 4) is 11.1 Å². The van der Waals surface area contributed by atoms with Gasteiger partial charge in [-0.25, -0.2) is 8.78 Å². The van der Waals surface area contributed by atoms with E-state index in [9.17, 15) is 13.6 Å². The van der Waals surface area contributed by atoms with Crippen LogP contribution in [0.15, 0.2) is 36.7 Å². The number of carbonyl (C=O) groups excluding carboxylic acids is 1. The van der Waals surface area contributed by atoms with Crippen molar-refractivity contribution >= 4 is 16.9 Å². The quantitative estimate of drug-likeness (QED) is 0.739. The lowest BCUT2D eigenvalue weighted by Gasteiger charge is -2.12. The van der Waals surface area contributed by atoms with E-state index in [1.807, 2.05) is 23.8 Å². The van der Waals surface area contributed by atoms with E-state index in [4.69, 9.17) is 0 Å². The summed E-state index contributed by atoms with van der Waals surface area (Å²) in [6.07, 6.45) is 3.49. The lowest BCUT2D eigenvalue weighted by molar-refractivity contribution is -0.129. The molecule has 0 fully saturated rings. The van der Waals surface area contributed by atoms with Gasteiger partial charge >= 0.3 is 0 Å². The third-order valence-corrected chi connectivity index (χ3v) is 3.96. The molecule has 0 atom stereocenters. The molecule has 0 unspecified atom stereocenters. The van der Waals surface area contributed by atoms with Crippen molar-refractivity contribution in [1.82, 2.24) is 14.5 Å². The van der Waals surface area contributed by atoms with Gasteiger partial charge in [-0.1, -0.05) is 6.07 Å². The molecular formula is C18H17F2N3O. The van der Waals surface area contributed by atoms with E-state index in [1.54, 1.807) is 20.3 Å². The predicted octanol–water partition coefficient (Wildman–Crippen LogP) is 3.38. The maximum atomic E-state index is 13.5. The molecule has 3 rings (SSSR count). The van der Waals surface area contributed by atoms with Gasteiger partial charge in [0.1, 0.15) is 6.54 Å². The van der Waals surface area contributed by atoms with Crippen LogP contribution in [0.2, 0.25) is 0 Å². The van der Waals surface area contributed by atoms with E-state index in [2.05, 4.69) is 4.98 Å². The standard InChI is InChI=1S/C18H17F2N3O/c1-11-9-23(10-17(24)22(2)3)16-7-13(8-21-18(11)16)12-4-5-14(19)15(20)6-12/h4-9H,10H2,1-3H3. The molecule has 0 radical (unpaired) electrons. The molecule has 0 aliphatic heterocycles. The van der Waals surface area contributed by atoms with Crippen LogP contribution < -0.4 is 0 Å². The molecule has 3 aromatic rings. The number of likely N-dealkylation sites (N-methyl/N-ethyl adjacent to an activating group) is 1. The minimum atomic E-state index is -0.901. The van der Waals surface area contributed by atoms with Crippen molar-refractivity contribution in [1.29, 1.82) is 0 Å². The van der Waals surface area contributed by atoms with Gasteiger partial charge in [0.25, 0.3) is 0 Å². The fourth-order valence-corrected chi connectivity index (χ4v) is 2.59. The Labute approximate surface area is 138 Å². The number of nitrogens with zero attached hydrogens (tertiary/aromatic N) is 3. The summed E-state index contributed by atoms with van der Waals surface area (Å²) in [6.45, 7) is 2.11. The molecule has 0 bridgehead atoms. The number of fused-ring (bicyclic) bond motifs is 1. The van der Waals surface area contributed by atoms with Crippen LogP contribution in [-0.4, -0.2) is 34.5 Å². The van der Waals surface area contributed by atoms with Crippen molar-refractivity contribution in [2.45, 2.75) is 13.5 Å². The van der Waals surface area contributed by atoms with E-state index < -0.39 is 11.6 Å². The molecule has 1 aromatic carbocycles. The molecule has 6 heteroatoms. The molecule has 2 aromatic heterocycles. The van der Waals surface area contributed by atoms with Crippen molar-refractivity contribution < 1.29 is 13.6 Å². The number of aromatic nitrogens is 2. The van der Waals surface area contributed by atoms with E-state index in [0.717, 1.165) is 28.7 Å². The molecule has 0 saturated carbocycles. The van der Waals surface area contributed by atoms with Gasteiger partial charge in [-0.2, -0.15) is 0 Å². The lowest BCUT2D eigenvalue weighted by atomic mass is 10.1. The number of hydrogen-bond donors (Lipinski definition) is 0. The maximum absolute atomic E-state index is 13.5. The molecule has 124 valence electrons. The Balaban J connectivity index is 2.09. The van der Waals surface area contributed by atoms with E-state index >= 15 is 0 Å². The summed E-state index contributed by atoms with van der Waals surface area (Å²) >= 11 is 0. The summed E-state index contributed by atoms with van der Waals surface area (Å²) in [6, 6.07) is 5.58. The van der Waals surface area contributed by atoms with Crippen molar-refractivity contribution in [3.05, 3.63) is 53.9 Å². The Morgan fingerprint density at radius 2 is 1.92 bits per heavy atom. The summed E-state index contributed by atoms with van der Waals surface area (Å²) in [5, 5.41) is 0. The summed E-state index contributed by atoms with van der Waals surface area (Å²) in [7, 11) is 3.40. The number of benzene rings is 1. The zero-order valence-electron chi connectivity index (χ0n) is 13.7. The Kier molecular flexibility index (Phi) is 4.05. The summed E-state index contributed by atoms with van der Waals surface area (Å²) in [5.41, 5.74) is 3.72. The van der Waals surface area contributed by atoms with Crippen LogP contribution in [0.3, 0.4) is 0 Å². The van der Waals surface area contributed by atoms with Crippen LogP contribution in [0.4, 0.5) is 8.78 Å². The monoisotopic (exact) mass is 329 g/mol.